The second kappa shape index (κ2) is 11.8. The van der Waals surface area contributed by atoms with Gasteiger partial charge >= 0.3 is 0 Å². The van der Waals surface area contributed by atoms with E-state index < -0.39 is 12.1 Å². The molecule has 1 aliphatic carbocycles. The van der Waals surface area contributed by atoms with E-state index in [0.29, 0.717) is 28.5 Å². The Morgan fingerprint density at radius 1 is 1.13 bits per heavy atom. The molecule has 5 rings (SSSR count). The van der Waals surface area contributed by atoms with E-state index in [4.69, 9.17) is 14.2 Å². The minimum atomic E-state index is -0.910. The Balaban J connectivity index is 1.52. The number of benzene rings is 2. The number of carbonyl (C=O) groups is 2. The van der Waals surface area contributed by atoms with E-state index in [1.807, 2.05) is 62.6 Å². The third kappa shape index (κ3) is 6.02. The van der Waals surface area contributed by atoms with Gasteiger partial charge in [-0.15, -0.1) is 0 Å². The number of nitrogens with zero attached hydrogens (tertiary/aromatic N) is 3. The fourth-order valence-corrected chi connectivity index (χ4v) is 5.45. The number of para-hydroxylation sites is 2. The quantitative estimate of drug-likeness (QED) is 0.470. The number of ether oxygens (including phenoxy) is 3. The molecule has 2 heterocycles. The molecule has 9 nitrogen and oxygen atoms in total. The zero-order valence-corrected chi connectivity index (χ0v) is 22.8. The van der Waals surface area contributed by atoms with Gasteiger partial charge in [0.15, 0.2) is 11.5 Å². The highest BCUT2D eigenvalue weighted by atomic mass is 16.6. The minimum Gasteiger partial charge on any atom is -0.497 e. The summed E-state index contributed by atoms with van der Waals surface area (Å²) in [5.74, 6) is 1.22. The lowest BCUT2D eigenvalue weighted by molar-refractivity contribution is -0.149. The molecule has 0 spiro atoms. The van der Waals surface area contributed by atoms with Gasteiger partial charge in [-0.3, -0.25) is 14.3 Å². The van der Waals surface area contributed by atoms with Crippen molar-refractivity contribution in [2.45, 2.75) is 63.8 Å². The Kier molecular flexibility index (Phi) is 8.05. The summed E-state index contributed by atoms with van der Waals surface area (Å²) >= 11 is 0. The van der Waals surface area contributed by atoms with E-state index >= 15 is 0 Å². The largest absolute Gasteiger partial charge is 0.497 e. The van der Waals surface area contributed by atoms with Gasteiger partial charge in [0.1, 0.15) is 18.4 Å². The Morgan fingerprint density at radius 3 is 2.62 bits per heavy atom. The van der Waals surface area contributed by atoms with Crippen LogP contribution in [0, 0.1) is 6.92 Å². The van der Waals surface area contributed by atoms with Gasteiger partial charge in [0.2, 0.25) is 12.0 Å². The monoisotopic (exact) mass is 532 g/mol. The summed E-state index contributed by atoms with van der Waals surface area (Å²) in [6, 6.07) is 14.0. The summed E-state index contributed by atoms with van der Waals surface area (Å²) in [6.07, 6.45) is 6.13. The van der Waals surface area contributed by atoms with Crippen LogP contribution in [0.5, 0.6) is 17.2 Å². The lowest BCUT2D eigenvalue weighted by Crippen LogP contribution is -2.52. The van der Waals surface area contributed by atoms with E-state index in [2.05, 4.69) is 10.4 Å². The summed E-state index contributed by atoms with van der Waals surface area (Å²) in [6.45, 7) is 2.09. The maximum Gasteiger partial charge on any atom is 0.268 e. The van der Waals surface area contributed by atoms with Gasteiger partial charge in [0.25, 0.3) is 5.91 Å². The van der Waals surface area contributed by atoms with E-state index in [1.54, 1.807) is 22.8 Å². The molecule has 1 aliphatic heterocycles. The van der Waals surface area contributed by atoms with E-state index in [9.17, 15) is 9.59 Å². The summed E-state index contributed by atoms with van der Waals surface area (Å²) in [4.78, 5) is 30.0. The topological polar surface area (TPSA) is 94.9 Å². The SMILES string of the molecule is COc1cccc(CN(C(=O)[C@H]2COc3ccccc3O2)[C@@H](C(=O)NC2CCCCC2)c2cn(C)nc2C)c1. The molecule has 0 saturated heterocycles. The van der Waals surface area contributed by atoms with Crippen LogP contribution in [0.25, 0.3) is 0 Å². The number of aryl methyl sites for hydroxylation is 2. The van der Waals surface area contributed by atoms with Crippen LogP contribution < -0.4 is 19.5 Å². The maximum absolute atomic E-state index is 14.3. The Labute approximate surface area is 229 Å². The van der Waals surface area contributed by atoms with Crippen molar-refractivity contribution in [2.75, 3.05) is 13.7 Å². The molecular formula is C30H36N4O5. The van der Waals surface area contributed by atoms with Crippen molar-refractivity contribution in [1.82, 2.24) is 20.0 Å². The summed E-state index contributed by atoms with van der Waals surface area (Å²) < 4.78 is 19.1. The molecule has 1 fully saturated rings. The van der Waals surface area contributed by atoms with Crippen LogP contribution in [0.3, 0.4) is 0 Å². The predicted octanol–water partition coefficient (Wildman–Crippen LogP) is 4.10. The van der Waals surface area contributed by atoms with Crippen molar-refractivity contribution >= 4 is 11.8 Å². The van der Waals surface area contributed by atoms with Crippen LogP contribution in [0.15, 0.2) is 54.7 Å². The number of carbonyl (C=O) groups excluding carboxylic acids is 2. The predicted molar refractivity (Wildman–Crippen MR) is 146 cm³/mol. The highest BCUT2D eigenvalue weighted by Crippen LogP contribution is 2.34. The van der Waals surface area contributed by atoms with Crippen LogP contribution in [0.1, 0.15) is 55.0 Å². The summed E-state index contributed by atoms with van der Waals surface area (Å²) in [7, 11) is 3.42. The zero-order chi connectivity index (χ0) is 27.4. The summed E-state index contributed by atoms with van der Waals surface area (Å²) in [5.41, 5.74) is 2.20. The van der Waals surface area contributed by atoms with Gasteiger partial charge in [-0.05, 0) is 49.6 Å². The first-order valence-corrected chi connectivity index (χ1v) is 13.6. The second-order valence-electron chi connectivity index (χ2n) is 10.3. The number of amides is 2. The third-order valence-corrected chi connectivity index (χ3v) is 7.41. The molecule has 2 aromatic carbocycles. The molecule has 1 saturated carbocycles. The fourth-order valence-electron chi connectivity index (χ4n) is 5.45. The van der Waals surface area contributed by atoms with Crippen LogP contribution in [0.2, 0.25) is 0 Å². The van der Waals surface area contributed by atoms with Crippen molar-refractivity contribution in [3.63, 3.8) is 0 Å². The van der Waals surface area contributed by atoms with Gasteiger partial charge in [-0.25, -0.2) is 0 Å². The Hall–Kier alpha value is -4.01. The molecule has 206 valence electrons. The first kappa shape index (κ1) is 26.6. The van der Waals surface area contributed by atoms with E-state index in [0.717, 1.165) is 31.2 Å². The number of hydrogen-bond donors (Lipinski definition) is 1. The molecule has 0 bridgehead atoms. The Bertz CT molecular complexity index is 1320. The van der Waals surface area contributed by atoms with Gasteiger partial charge in [-0.2, -0.15) is 5.10 Å². The van der Waals surface area contributed by atoms with Gasteiger partial charge in [0.05, 0.1) is 12.8 Å². The van der Waals surface area contributed by atoms with Crippen LogP contribution >= 0.6 is 0 Å². The molecule has 1 aromatic heterocycles. The zero-order valence-electron chi connectivity index (χ0n) is 22.8. The normalized spacial score (nSPS) is 17.8. The van der Waals surface area contributed by atoms with Crippen molar-refractivity contribution < 1.29 is 23.8 Å². The fraction of sp³-hybridized carbons (Fsp3) is 0.433. The van der Waals surface area contributed by atoms with E-state index in [1.165, 1.54) is 6.42 Å². The number of fused-ring (bicyclic) bond motifs is 1. The molecule has 3 aromatic rings. The first-order valence-electron chi connectivity index (χ1n) is 13.6. The second-order valence-corrected chi connectivity index (χ2v) is 10.3. The highest BCUT2D eigenvalue weighted by molar-refractivity contribution is 5.91. The lowest BCUT2D eigenvalue weighted by atomic mass is 9.94. The average molecular weight is 533 g/mol. The molecule has 0 radical (unpaired) electrons. The molecule has 9 heteroatoms. The number of nitrogens with one attached hydrogen (secondary N) is 1. The van der Waals surface area contributed by atoms with Crippen LogP contribution in [-0.2, 0) is 23.2 Å². The maximum atomic E-state index is 14.3. The first-order chi connectivity index (χ1) is 18.9. The van der Waals surface area contributed by atoms with Gasteiger partial charge in [-0.1, -0.05) is 43.5 Å². The van der Waals surface area contributed by atoms with Crippen LogP contribution in [-0.4, -0.2) is 52.4 Å². The molecular weight excluding hydrogens is 496 g/mol. The highest BCUT2D eigenvalue weighted by Gasteiger charge is 2.40. The average Bonchev–Trinajstić information content (AvgIpc) is 3.29. The minimum absolute atomic E-state index is 0.0491. The van der Waals surface area contributed by atoms with Gasteiger partial charge in [0, 0.05) is 31.4 Å². The number of rotatable bonds is 8. The van der Waals surface area contributed by atoms with Crippen molar-refractivity contribution in [2.24, 2.45) is 7.05 Å². The van der Waals surface area contributed by atoms with Crippen molar-refractivity contribution in [3.05, 3.63) is 71.5 Å². The molecule has 1 N–H and O–H groups in total. The molecule has 2 aliphatic rings. The number of methoxy groups -OCH3 is 1. The van der Waals surface area contributed by atoms with Crippen LogP contribution in [0.4, 0.5) is 0 Å². The van der Waals surface area contributed by atoms with Gasteiger partial charge < -0.3 is 24.4 Å². The van der Waals surface area contributed by atoms with Crippen molar-refractivity contribution in [3.8, 4) is 17.2 Å². The molecule has 0 unspecified atom stereocenters. The van der Waals surface area contributed by atoms with Crippen molar-refractivity contribution in [1.29, 1.82) is 0 Å². The smallest absolute Gasteiger partial charge is 0.268 e. The molecule has 2 amide bonds. The lowest BCUT2D eigenvalue weighted by Gasteiger charge is -2.36. The Morgan fingerprint density at radius 2 is 1.90 bits per heavy atom. The summed E-state index contributed by atoms with van der Waals surface area (Å²) in [5, 5.41) is 7.75. The van der Waals surface area contributed by atoms with E-state index in [-0.39, 0.29) is 31.0 Å². The number of aromatic nitrogens is 2. The third-order valence-electron chi connectivity index (χ3n) is 7.41. The standard InChI is InChI=1S/C30H36N4O5/c1-20-24(18-33(2)32-20)28(29(35)31-22-11-5-4-6-12-22)34(17-21-10-9-13-23(16-21)37-3)30(36)27-19-38-25-14-7-8-15-26(25)39-27/h7-10,13-16,18,22,27-28H,4-6,11-12,17,19H2,1-3H3,(H,31,35)/t27-,28-/m1/s1. The molecule has 2 atom stereocenters. The number of hydrogen-bond acceptors (Lipinski definition) is 6. The molecule has 39 heavy (non-hydrogen) atoms.